The lowest BCUT2D eigenvalue weighted by Crippen LogP contribution is -2.46. The Kier molecular flexibility index (Phi) is 5.97. The molecule has 5 heteroatoms. The van der Waals surface area contributed by atoms with Gasteiger partial charge in [-0.1, -0.05) is 49.9 Å². The summed E-state index contributed by atoms with van der Waals surface area (Å²) in [6.07, 6.45) is 1.49. The molecule has 0 fully saturated rings. The van der Waals surface area contributed by atoms with E-state index in [0.29, 0.717) is 6.54 Å². The van der Waals surface area contributed by atoms with Crippen LogP contribution in [-0.4, -0.2) is 12.5 Å². The Bertz CT molecular complexity index is 677. The molecule has 1 amide bonds. The smallest absolute Gasteiger partial charge is 0.239 e. The molecular weight excluding hydrogens is 340 g/mol. The fraction of sp³-hybridized carbons (Fsp3) is 0.316. The number of hydrogen-bond acceptors (Lipinski definition) is 3. The van der Waals surface area contributed by atoms with Crippen LogP contribution in [0.3, 0.4) is 0 Å². The van der Waals surface area contributed by atoms with Gasteiger partial charge in [0.05, 0.1) is 16.8 Å². The summed E-state index contributed by atoms with van der Waals surface area (Å²) in [4.78, 5) is 17.6. The van der Waals surface area contributed by atoms with Gasteiger partial charge in [-0.25, -0.2) is 0 Å². The predicted molar refractivity (Wildman–Crippen MR) is 103 cm³/mol. The number of nitrogens with two attached hydrogens (primary N) is 1. The number of carbonyl (C=O) groups excluding carboxylic acids is 1. The number of benzene rings is 2. The van der Waals surface area contributed by atoms with E-state index in [0.717, 1.165) is 34.0 Å². The van der Waals surface area contributed by atoms with Gasteiger partial charge in [0.25, 0.3) is 0 Å². The third-order valence-electron chi connectivity index (χ3n) is 4.83. The molecule has 0 spiro atoms. The van der Waals surface area contributed by atoms with Crippen LogP contribution in [0.25, 0.3) is 0 Å². The van der Waals surface area contributed by atoms with Crippen molar-refractivity contribution in [3.8, 4) is 0 Å². The van der Waals surface area contributed by atoms with E-state index in [9.17, 15) is 4.79 Å². The maximum atomic E-state index is 13.5. The lowest BCUT2D eigenvalue weighted by atomic mass is 9.80. The van der Waals surface area contributed by atoms with Crippen LogP contribution in [0.1, 0.15) is 26.7 Å². The highest BCUT2D eigenvalue weighted by Crippen LogP contribution is 2.49. The molecule has 24 heavy (non-hydrogen) atoms. The number of carbonyl (C=O) groups is 1. The molecule has 2 N–H and O–H groups in total. The van der Waals surface area contributed by atoms with Gasteiger partial charge in [-0.2, -0.15) is 0 Å². The summed E-state index contributed by atoms with van der Waals surface area (Å²) in [5.41, 5.74) is 7.43. The third kappa shape index (κ3) is 2.94. The van der Waals surface area contributed by atoms with Gasteiger partial charge in [-0.15, -0.1) is 12.4 Å². The molecule has 2 aromatic carbocycles. The fourth-order valence-corrected chi connectivity index (χ4v) is 4.15. The largest absolute Gasteiger partial charge is 0.329 e. The molecule has 0 aromatic heterocycles. The number of anilines is 2. The van der Waals surface area contributed by atoms with E-state index >= 15 is 0 Å². The molecule has 0 saturated carbocycles. The van der Waals surface area contributed by atoms with E-state index in [1.807, 2.05) is 55.1 Å². The average Bonchev–Trinajstić information content (AvgIpc) is 2.61. The van der Waals surface area contributed by atoms with Gasteiger partial charge in [0.2, 0.25) is 5.91 Å². The van der Waals surface area contributed by atoms with Crippen LogP contribution >= 0.6 is 24.2 Å². The number of fused-ring (bicyclic) bond motifs is 2. The highest BCUT2D eigenvalue weighted by Gasteiger charge is 2.40. The Morgan fingerprint density at radius 3 is 1.88 bits per heavy atom. The zero-order chi connectivity index (χ0) is 16.4. The normalized spacial score (nSPS) is 12.9. The van der Waals surface area contributed by atoms with Gasteiger partial charge in [0.1, 0.15) is 0 Å². The molecular formula is C19H23ClN2OS. The van der Waals surface area contributed by atoms with Crippen LogP contribution in [0.4, 0.5) is 11.4 Å². The van der Waals surface area contributed by atoms with E-state index in [2.05, 4.69) is 12.1 Å². The summed E-state index contributed by atoms with van der Waals surface area (Å²) in [5, 5.41) is 0. The van der Waals surface area contributed by atoms with Crippen molar-refractivity contribution in [2.75, 3.05) is 11.4 Å². The molecule has 1 aliphatic heterocycles. The Morgan fingerprint density at radius 1 is 1.00 bits per heavy atom. The summed E-state index contributed by atoms with van der Waals surface area (Å²) < 4.78 is 0. The summed E-state index contributed by atoms with van der Waals surface area (Å²) in [6.45, 7) is 4.46. The molecule has 1 aliphatic rings. The molecule has 0 saturated heterocycles. The van der Waals surface area contributed by atoms with Gasteiger partial charge in [0.15, 0.2) is 0 Å². The number of para-hydroxylation sites is 2. The molecule has 3 rings (SSSR count). The van der Waals surface area contributed by atoms with Gasteiger partial charge < -0.3 is 5.73 Å². The van der Waals surface area contributed by atoms with Crippen LogP contribution in [0.2, 0.25) is 0 Å². The van der Waals surface area contributed by atoms with Crippen LogP contribution in [0.15, 0.2) is 58.3 Å². The zero-order valence-corrected chi connectivity index (χ0v) is 15.6. The topological polar surface area (TPSA) is 46.3 Å². The van der Waals surface area contributed by atoms with Gasteiger partial charge in [0, 0.05) is 16.3 Å². The van der Waals surface area contributed by atoms with Crippen molar-refractivity contribution in [2.45, 2.75) is 36.5 Å². The van der Waals surface area contributed by atoms with Gasteiger partial charge >= 0.3 is 0 Å². The first-order valence-electron chi connectivity index (χ1n) is 8.07. The highest BCUT2D eigenvalue weighted by molar-refractivity contribution is 7.99. The molecule has 0 radical (unpaired) electrons. The average molecular weight is 363 g/mol. The van der Waals surface area contributed by atoms with E-state index in [1.165, 1.54) is 0 Å². The standard InChI is InChI=1S/C19H22N2OS.ClH/c1-3-19(4-2,13-20)18(22)21-14-9-5-7-11-16(14)23-17-12-8-6-10-15(17)21;/h5-12H,3-4,13,20H2,1-2H3;1H. The minimum atomic E-state index is -0.512. The Balaban J connectivity index is 0.00000208. The molecule has 1 heterocycles. The number of hydrogen-bond donors (Lipinski definition) is 1. The van der Waals surface area contributed by atoms with E-state index in [4.69, 9.17) is 5.73 Å². The Hall–Kier alpha value is -1.49. The lowest BCUT2D eigenvalue weighted by Gasteiger charge is -2.38. The van der Waals surface area contributed by atoms with Crippen LogP contribution in [0.5, 0.6) is 0 Å². The van der Waals surface area contributed by atoms with Crippen LogP contribution in [-0.2, 0) is 4.79 Å². The van der Waals surface area contributed by atoms with E-state index in [-0.39, 0.29) is 18.3 Å². The molecule has 0 aliphatic carbocycles. The van der Waals surface area contributed by atoms with Gasteiger partial charge in [-0.3, -0.25) is 9.69 Å². The molecule has 0 bridgehead atoms. The fourth-order valence-electron chi connectivity index (χ4n) is 3.09. The zero-order valence-electron chi connectivity index (χ0n) is 14.0. The highest BCUT2D eigenvalue weighted by atomic mass is 35.5. The summed E-state index contributed by atoms with van der Waals surface area (Å²) in [7, 11) is 0. The maximum absolute atomic E-state index is 13.5. The van der Waals surface area contributed by atoms with Crippen molar-refractivity contribution in [3.05, 3.63) is 48.5 Å². The molecule has 2 aromatic rings. The third-order valence-corrected chi connectivity index (χ3v) is 5.96. The number of halogens is 1. The minimum Gasteiger partial charge on any atom is -0.329 e. The van der Waals surface area contributed by atoms with E-state index in [1.54, 1.807) is 11.8 Å². The van der Waals surface area contributed by atoms with Crippen molar-refractivity contribution in [1.29, 1.82) is 0 Å². The van der Waals surface area contributed by atoms with Crippen molar-refractivity contribution >= 4 is 41.5 Å². The first-order valence-corrected chi connectivity index (χ1v) is 8.89. The summed E-state index contributed by atoms with van der Waals surface area (Å²) in [5.74, 6) is 0.102. The second-order valence-electron chi connectivity index (χ2n) is 5.87. The summed E-state index contributed by atoms with van der Waals surface area (Å²) >= 11 is 1.71. The van der Waals surface area contributed by atoms with Crippen LogP contribution < -0.4 is 10.6 Å². The van der Waals surface area contributed by atoms with E-state index < -0.39 is 5.41 Å². The quantitative estimate of drug-likeness (QED) is 0.832. The molecule has 0 atom stereocenters. The van der Waals surface area contributed by atoms with Gasteiger partial charge in [-0.05, 0) is 37.1 Å². The Morgan fingerprint density at radius 2 is 1.46 bits per heavy atom. The number of amides is 1. The molecule has 128 valence electrons. The van der Waals surface area contributed by atoms with Crippen molar-refractivity contribution < 1.29 is 4.79 Å². The molecule has 0 unspecified atom stereocenters. The first-order chi connectivity index (χ1) is 11.2. The predicted octanol–water partition coefficient (Wildman–Crippen LogP) is 5.00. The second-order valence-corrected chi connectivity index (χ2v) is 6.95. The lowest BCUT2D eigenvalue weighted by molar-refractivity contribution is -0.127. The van der Waals surface area contributed by atoms with Crippen molar-refractivity contribution in [1.82, 2.24) is 0 Å². The number of nitrogens with zero attached hydrogens (tertiary/aromatic N) is 1. The maximum Gasteiger partial charge on any atom is 0.239 e. The van der Waals surface area contributed by atoms with Crippen molar-refractivity contribution in [2.24, 2.45) is 11.1 Å². The number of rotatable bonds is 4. The second kappa shape index (κ2) is 7.60. The Labute approximate surface area is 154 Å². The molecule has 3 nitrogen and oxygen atoms in total. The summed E-state index contributed by atoms with van der Waals surface area (Å²) in [6, 6.07) is 16.2. The minimum absolute atomic E-state index is 0. The monoisotopic (exact) mass is 362 g/mol. The first kappa shape index (κ1) is 18.8. The van der Waals surface area contributed by atoms with Crippen LogP contribution in [0, 0.1) is 5.41 Å². The SMILES string of the molecule is CCC(CC)(CN)C(=O)N1c2ccccc2Sc2ccccc21.Cl. The van der Waals surface area contributed by atoms with Crippen molar-refractivity contribution in [3.63, 3.8) is 0 Å².